The molecule has 8 bridgehead atoms. The summed E-state index contributed by atoms with van der Waals surface area (Å²) >= 11 is 0. The number of aromatic nitrogens is 4. The summed E-state index contributed by atoms with van der Waals surface area (Å²) in [5.41, 5.74) is 13.1. The van der Waals surface area contributed by atoms with E-state index in [2.05, 4.69) is 46.4 Å². The normalized spacial score (nSPS) is 13.9. The zero-order valence-corrected chi connectivity index (χ0v) is 37.2. The molecule has 0 aliphatic carbocycles. The predicted octanol–water partition coefficient (Wildman–Crippen LogP) is 10.4. The number of aliphatic hydroxyl groups excluding tert-OH is 2. The summed E-state index contributed by atoms with van der Waals surface area (Å²) < 4.78 is 0. The average molecular weight is 857 g/mol. The van der Waals surface area contributed by atoms with E-state index >= 15 is 0 Å². The topological polar surface area (TPSA) is 169 Å². The van der Waals surface area contributed by atoms with Crippen LogP contribution in [-0.4, -0.2) is 48.4 Å². The molecule has 11 heteroatoms. The van der Waals surface area contributed by atoms with Crippen LogP contribution in [0.25, 0.3) is 50.4 Å². The van der Waals surface area contributed by atoms with Gasteiger partial charge in [0.25, 0.3) is 0 Å². The smallest absolute Gasteiger partial charge is 0.657 e. The van der Waals surface area contributed by atoms with Crippen molar-refractivity contribution in [1.29, 1.82) is 0 Å². The fraction of sp³-hybridized carbons (Fsp3) is 0.429. The first kappa shape index (κ1) is 47.9. The van der Waals surface area contributed by atoms with Gasteiger partial charge >= 0.3 is 29.0 Å². The first-order valence-electron chi connectivity index (χ1n) is 20.8. The van der Waals surface area contributed by atoms with Crippen molar-refractivity contribution in [1.82, 2.24) is 19.9 Å². The molecule has 5 heterocycles. The van der Waals surface area contributed by atoms with Crippen molar-refractivity contribution in [2.24, 2.45) is 5.92 Å². The predicted molar refractivity (Wildman–Crippen MR) is 238 cm³/mol. The van der Waals surface area contributed by atoms with Crippen LogP contribution in [0.4, 0.5) is 0 Å². The van der Waals surface area contributed by atoms with Crippen molar-refractivity contribution in [2.45, 2.75) is 132 Å². The van der Waals surface area contributed by atoms with Gasteiger partial charge in [0.15, 0.2) is 0 Å². The Balaban J connectivity index is 0.00000794. The maximum atomic E-state index is 11.9. The molecule has 2 aliphatic heterocycles. The van der Waals surface area contributed by atoms with Crippen LogP contribution in [0, 0.1) is 12.8 Å². The van der Waals surface area contributed by atoms with Crippen molar-refractivity contribution in [3.63, 3.8) is 0 Å². The third-order valence-electron chi connectivity index (χ3n) is 11.6. The minimum absolute atomic E-state index is 0. The summed E-state index contributed by atoms with van der Waals surface area (Å²) in [6.07, 6.45) is 12.4. The van der Waals surface area contributed by atoms with Gasteiger partial charge < -0.3 is 30.4 Å². The third kappa shape index (κ3) is 11.7. The molecule has 60 heavy (non-hydrogen) atoms. The molecule has 5 rings (SSSR count). The molecule has 0 amide bonds. The molecule has 0 saturated carbocycles. The van der Waals surface area contributed by atoms with E-state index in [4.69, 9.17) is 19.9 Å². The fourth-order valence-corrected chi connectivity index (χ4v) is 8.09. The molecule has 2 aliphatic rings. The molecule has 10 nitrogen and oxygen atoms in total. The molecular formula is C49H60FeN4O6. The summed E-state index contributed by atoms with van der Waals surface area (Å²) in [5.74, 6) is -1.41. The number of nitrogens with zero attached hydrogens (tertiary/aromatic N) is 4. The summed E-state index contributed by atoms with van der Waals surface area (Å²) in [5, 5.41) is 41.9. The zero-order chi connectivity index (χ0) is 43.0. The molecule has 0 aromatic carbocycles. The van der Waals surface area contributed by atoms with E-state index in [1.165, 1.54) is 11.1 Å². The standard InChI is InChI=1S/C49H62N4O6.Fe/c1-9-34-31(6)39-25-45-49(46(55)18-12-17-30(5)16-11-15-29(4)14-10-13-28(2)3)33(8)40(52-45)24-44-37(27-54)36(20-22-48(58)59)43(53-44)26-42-35(19-21-47(56)57)32(7)38(51-42)23-41(34)50-39;/h9,13,15,23-26,30,46,54-55H,1,10-12,14,16-22,27H2,2-8H3,(H4,50,51,52,53,56,57,58,59);/q;+2/p-2/b29-15+,38-23?,39-25?,40-24?,41-23?,42-26?,43-26?,44-24?,45-25?;/t30?,46-;/m0./s1. The van der Waals surface area contributed by atoms with Crippen LogP contribution in [0.5, 0.6) is 0 Å². The van der Waals surface area contributed by atoms with E-state index in [9.17, 15) is 30.0 Å². The summed E-state index contributed by atoms with van der Waals surface area (Å²) in [4.78, 5) is 43.5. The Morgan fingerprint density at radius 3 is 2.02 bits per heavy atom. The van der Waals surface area contributed by atoms with E-state index in [1.54, 1.807) is 18.2 Å². The molecule has 0 spiro atoms. The van der Waals surface area contributed by atoms with Gasteiger partial charge in [0, 0.05) is 18.4 Å². The first-order chi connectivity index (χ1) is 28.1. The Hall–Kier alpha value is -4.80. The van der Waals surface area contributed by atoms with Gasteiger partial charge in [0.2, 0.25) is 0 Å². The minimum atomic E-state index is -0.986. The number of aliphatic carboxylic acids is 2. The first-order valence-corrected chi connectivity index (χ1v) is 20.8. The number of hydrogen-bond acceptors (Lipinski definition) is 6. The molecule has 4 N–H and O–H groups in total. The van der Waals surface area contributed by atoms with E-state index in [-0.39, 0.29) is 49.4 Å². The van der Waals surface area contributed by atoms with Crippen LogP contribution in [0.2, 0.25) is 0 Å². The molecule has 3 aromatic rings. The molecule has 1 unspecified atom stereocenters. The zero-order valence-electron chi connectivity index (χ0n) is 36.1. The van der Waals surface area contributed by atoms with Gasteiger partial charge in [-0.1, -0.05) is 91.1 Å². The number of allylic oxidation sites excluding steroid dienone is 7. The Labute approximate surface area is 364 Å². The molecule has 0 radical (unpaired) electrons. The summed E-state index contributed by atoms with van der Waals surface area (Å²) in [6, 6.07) is 7.33. The Kier molecular flexibility index (Phi) is 17.3. The van der Waals surface area contributed by atoms with Crippen molar-refractivity contribution in [3.05, 3.63) is 99.2 Å². The second-order valence-corrected chi connectivity index (χ2v) is 16.4. The third-order valence-corrected chi connectivity index (χ3v) is 11.6. The van der Waals surface area contributed by atoms with E-state index < -0.39 is 18.0 Å². The van der Waals surface area contributed by atoms with Gasteiger partial charge in [-0.3, -0.25) is 9.59 Å². The van der Waals surface area contributed by atoms with E-state index in [1.807, 2.05) is 32.9 Å². The Morgan fingerprint density at radius 1 is 0.750 bits per heavy atom. The second-order valence-electron chi connectivity index (χ2n) is 16.4. The van der Waals surface area contributed by atoms with Crippen LogP contribution < -0.4 is 9.97 Å². The molecule has 0 saturated heterocycles. The van der Waals surface area contributed by atoms with Crippen LogP contribution in [-0.2, 0) is 39.7 Å². The van der Waals surface area contributed by atoms with Gasteiger partial charge in [0.1, 0.15) is 0 Å². The average Bonchev–Trinajstić information content (AvgIpc) is 3.85. The molecule has 320 valence electrons. The monoisotopic (exact) mass is 856 g/mol. The van der Waals surface area contributed by atoms with Gasteiger partial charge in [-0.25, -0.2) is 9.97 Å². The summed E-state index contributed by atoms with van der Waals surface area (Å²) in [6.45, 7) is 18.3. The number of rotatable bonds is 19. The van der Waals surface area contributed by atoms with Crippen molar-refractivity contribution in [3.8, 4) is 0 Å². The number of hydrogen-bond donors (Lipinski definition) is 4. The van der Waals surface area contributed by atoms with E-state index in [0.29, 0.717) is 73.9 Å². The van der Waals surface area contributed by atoms with Crippen molar-refractivity contribution in [2.75, 3.05) is 0 Å². The molecular weight excluding hydrogens is 796 g/mol. The summed E-state index contributed by atoms with van der Waals surface area (Å²) in [7, 11) is 0. The van der Waals surface area contributed by atoms with Crippen molar-refractivity contribution < 1.29 is 47.1 Å². The maximum absolute atomic E-state index is 11.9. The van der Waals surface area contributed by atoms with Crippen LogP contribution in [0.15, 0.2) is 54.1 Å². The number of aryl methyl sites for hydroxylation is 2. The largest absolute Gasteiger partial charge is 2.00 e. The van der Waals surface area contributed by atoms with Crippen LogP contribution in [0.1, 0.15) is 151 Å². The number of aliphatic hydroxyl groups is 2. The quantitative estimate of drug-likeness (QED) is 0.0672. The SMILES string of the molecule is C=Cc1c(C)c2cc3nc(cc4[n-]c(cc5nc(cc1[n-]2)C(C)=C5CCC(=O)O)c(CCC(=O)O)c4CO)C(C)=C3[C@@H](O)CCCC(C)CC/C=C(\C)CCC=C(C)C.[Fe+2]. The van der Waals surface area contributed by atoms with Crippen molar-refractivity contribution >= 4 is 62.4 Å². The number of fused-ring (bicyclic) bond motifs is 8. The molecule has 2 atom stereocenters. The van der Waals surface area contributed by atoms with Gasteiger partial charge in [-0.05, 0) is 120 Å². The number of carboxylic acid groups (broad SMARTS) is 2. The van der Waals surface area contributed by atoms with Crippen LogP contribution >= 0.6 is 0 Å². The van der Waals surface area contributed by atoms with Gasteiger partial charge in [-0.2, -0.15) is 0 Å². The van der Waals surface area contributed by atoms with Gasteiger partial charge in [0.05, 0.1) is 35.5 Å². The molecule has 0 fully saturated rings. The van der Waals surface area contributed by atoms with E-state index in [0.717, 1.165) is 66.4 Å². The Bertz CT molecular complexity index is 2390. The maximum Gasteiger partial charge on any atom is 2.00 e. The molecule has 3 aromatic heterocycles. The fourth-order valence-electron chi connectivity index (χ4n) is 8.09. The van der Waals surface area contributed by atoms with Crippen LogP contribution in [0.3, 0.4) is 0 Å². The number of carboxylic acids is 2. The number of carbonyl (C=O) groups is 2. The second kappa shape index (κ2) is 21.6. The Morgan fingerprint density at radius 2 is 1.35 bits per heavy atom. The minimum Gasteiger partial charge on any atom is -0.657 e. The van der Waals surface area contributed by atoms with Gasteiger partial charge in [-0.15, -0.1) is 22.1 Å².